The lowest BCUT2D eigenvalue weighted by Crippen LogP contribution is -2.44. The van der Waals surface area contributed by atoms with E-state index < -0.39 is 5.60 Å². The van der Waals surface area contributed by atoms with Crippen molar-refractivity contribution < 1.29 is 9.53 Å². The zero-order chi connectivity index (χ0) is 16.7. The number of carbonyl (C=O) groups is 1. The van der Waals surface area contributed by atoms with Crippen LogP contribution in [0, 0.1) is 5.92 Å². The quantitative estimate of drug-likeness (QED) is 0.713. The average Bonchev–Trinajstić information content (AvgIpc) is 2.96. The van der Waals surface area contributed by atoms with Gasteiger partial charge in [-0.25, -0.2) is 4.79 Å². The minimum absolute atomic E-state index is 0.273. The van der Waals surface area contributed by atoms with Crippen LogP contribution in [0.3, 0.4) is 0 Å². The number of nitrogens with one attached hydrogen (secondary N) is 2. The molecule has 0 spiro atoms. The van der Waals surface area contributed by atoms with Crippen molar-refractivity contribution in [3.8, 4) is 0 Å². The van der Waals surface area contributed by atoms with Gasteiger partial charge in [0.2, 0.25) is 0 Å². The molecule has 4 nitrogen and oxygen atoms in total. The van der Waals surface area contributed by atoms with Gasteiger partial charge in [-0.2, -0.15) is 0 Å². The fourth-order valence-corrected chi connectivity index (χ4v) is 3.91. The fraction of sp³-hybridized carbons (Fsp3) is 0.947. The van der Waals surface area contributed by atoms with Gasteiger partial charge in [0.15, 0.2) is 0 Å². The molecular weight excluding hydrogens is 288 g/mol. The summed E-state index contributed by atoms with van der Waals surface area (Å²) in [4.78, 5) is 11.8. The van der Waals surface area contributed by atoms with Crippen molar-refractivity contribution in [1.29, 1.82) is 0 Å². The summed E-state index contributed by atoms with van der Waals surface area (Å²) in [5, 5.41) is 6.73. The fourth-order valence-electron chi connectivity index (χ4n) is 3.91. The van der Waals surface area contributed by atoms with Crippen LogP contribution in [0.25, 0.3) is 0 Å². The number of carbonyl (C=O) groups excluding carboxylic acids is 1. The lowest BCUT2D eigenvalue weighted by atomic mass is 9.91. The number of hydrogen-bond donors (Lipinski definition) is 2. The first kappa shape index (κ1) is 18.6. The van der Waals surface area contributed by atoms with E-state index in [1.165, 1.54) is 38.5 Å². The van der Waals surface area contributed by atoms with Gasteiger partial charge in [0.1, 0.15) is 5.60 Å². The highest BCUT2D eigenvalue weighted by atomic mass is 16.6. The highest BCUT2D eigenvalue weighted by Gasteiger charge is 2.24. The molecule has 0 aliphatic heterocycles. The molecule has 1 amide bonds. The largest absolute Gasteiger partial charge is 0.444 e. The first-order valence-corrected chi connectivity index (χ1v) is 9.65. The molecule has 0 aromatic heterocycles. The van der Waals surface area contributed by atoms with E-state index in [2.05, 4.69) is 10.6 Å². The van der Waals surface area contributed by atoms with Crippen molar-refractivity contribution in [3.05, 3.63) is 0 Å². The summed E-state index contributed by atoms with van der Waals surface area (Å²) >= 11 is 0. The Labute approximate surface area is 142 Å². The molecule has 2 aliphatic carbocycles. The van der Waals surface area contributed by atoms with Crippen molar-refractivity contribution in [2.45, 2.75) is 103 Å². The van der Waals surface area contributed by atoms with Crippen LogP contribution in [-0.4, -0.2) is 30.3 Å². The molecular formula is C19H36N2O2. The third-order valence-corrected chi connectivity index (χ3v) is 5.14. The maximum Gasteiger partial charge on any atom is 0.407 e. The van der Waals surface area contributed by atoms with E-state index in [-0.39, 0.29) is 12.1 Å². The molecule has 2 N–H and O–H groups in total. The van der Waals surface area contributed by atoms with Crippen LogP contribution < -0.4 is 10.6 Å². The third kappa shape index (κ3) is 7.56. The molecule has 0 unspecified atom stereocenters. The van der Waals surface area contributed by atoms with Gasteiger partial charge in [0.25, 0.3) is 0 Å². The SMILES string of the molecule is CC(C)(C)OC(=O)NC1CCC(NCCCC2CCCC2)CC1. The monoisotopic (exact) mass is 324 g/mol. The van der Waals surface area contributed by atoms with Crippen LogP contribution in [0.2, 0.25) is 0 Å². The molecule has 0 atom stereocenters. The van der Waals surface area contributed by atoms with Gasteiger partial charge in [-0.1, -0.05) is 25.7 Å². The van der Waals surface area contributed by atoms with Gasteiger partial charge in [-0.3, -0.25) is 0 Å². The van der Waals surface area contributed by atoms with Gasteiger partial charge >= 0.3 is 6.09 Å². The van der Waals surface area contributed by atoms with E-state index in [0.29, 0.717) is 6.04 Å². The lowest BCUT2D eigenvalue weighted by Gasteiger charge is -2.30. The first-order chi connectivity index (χ1) is 10.9. The number of rotatable bonds is 6. The Hall–Kier alpha value is -0.770. The van der Waals surface area contributed by atoms with E-state index in [0.717, 1.165) is 38.1 Å². The zero-order valence-corrected chi connectivity index (χ0v) is 15.3. The molecule has 2 saturated carbocycles. The second kappa shape index (κ2) is 8.91. The molecule has 0 heterocycles. The molecule has 4 heteroatoms. The van der Waals surface area contributed by atoms with Crippen LogP contribution >= 0.6 is 0 Å². The molecule has 23 heavy (non-hydrogen) atoms. The van der Waals surface area contributed by atoms with Crippen molar-refractivity contribution in [2.24, 2.45) is 5.92 Å². The predicted octanol–water partition coefficient (Wildman–Crippen LogP) is 4.38. The summed E-state index contributed by atoms with van der Waals surface area (Å²) in [5.41, 5.74) is -0.415. The topological polar surface area (TPSA) is 50.4 Å². The summed E-state index contributed by atoms with van der Waals surface area (Å²) in [6.45, 7) is 6.86. The van der Waals surface area contributed by atoms with Crippen molar-refractivity contribution >= 4 is 6.09 Å². The second-order valence-corrected chi connectivity index (χ2v) is 8.44. The predicted molar refractivity (Wildman–Crippen MR) is 94.6 cm³/mol. The molecule has 134 valence electrons. The summed E-state index contributed by atoms with van der Waals surface area (Å²) in [6.07, 6.45) is 12.7. The summed E-state index contributed by atoms with van der Waals surface area (Å²) in [7, 11) is 0. The maximum absolute atomic E-state index is 11.8. The molecule has 2 aliphatic rings. The molecule has 0 aromatic rings. The van der Waals surface area contributed by atoms with Gasteiger partial charge in [0.05, 0.1) is 0 Å². The normalized spacial score (nSPS) is 26.2. The molecule has 2 fully saturated rings. The molecule has 0 aromatic carbocycles. The van der Waals surface area contributed by atoms with Crippen LogP contribution in [0.5, 0.6) is 0 Å². The van der Waals surface area contributed by atoms with Gasteiger partial charge in [-0.15, -0.1) is 0 Å². The van der Waals surface area contributed by atoms with Crippen LogP contribution in [0.1, 0.15) is 85.0 Å². The van der Waals surface area contributed by atoms with E-state index in [4.69, 9.17) is 4.74 Å². The molecule has 2 rings (SSSR count). The number of ether oxygens (including phenoxy) is 1. The standard InChI is InChI=1S/C19H36N2O2/c1-19(2,3)23-18(22)21-17-12-10-16(11-13-17)20-14-6-9-15-7-4-5-8-15/h15-17,20H,4-14H2,1-3H3,(H,21,22). The van der Waals surface area contributed by atoms with Gasteiger partial charge in [-0.05, 0) is 71.8 Å². The van der Waals surface area contributed by atoms with Crippen LogP contribution in [-0.2, 0) is 4.74 Å². The Kier molecular flexibility index (Phi) is 7.19. The van der Waals surface area contributed by atoms with E-state index in [9.17, 15) is 4.79 Å². The van der Waals surface area contributed by atoms with E-state index in [1.807, 2.05) is 20.8 Å². The molecule has 0 saturated heterocycles. The number of hydrogen-bond acceptors (Lipinski definition) is 3. The van der Waals surface area contributed by atoms with Gasteiger partial charge in [0, 0.05) is 12.1 Å². The first-order valence-electron chi connectivity index (χ1n) is 9.65. The average molecular weight is 325 g/mol. The van der Waals surface area contributed by atoms with Crippen molar-refractivity contribution in [2.75, 3.05) is 6.54 Å². The van der Waals surface area contributed by atoms with Crippen LogP contribution in [0.4, 0.5) is 4.79 Å². The summed E-state index contributed by atoms with van der Waals surface area (Å²) in [6, 6.07) is 0.914. The van der Waals surface area contributed by atoms with E-state index >= 15 is 0 Å². The second-order valence-electron chi connectivity index (χ2n) is 8.44. The third-order valence-electron chi connectivity index (χ3n) is 5.14. The highest BCUT2D eigenvalue weighted by molar-refractivity contribution is 5.68. The van der Waals surface area contributed by atoms with E-state index in [1.54, 1.807) is 0 Å². The number of amides is 1. The Balaban J connectivity index is 1.52. The lowest BCUT2D eigenvalue weighted by molar-refractivity contribution is 0.0490. The number of alkyl carbamates (subject to hydrolysis) is 1. The van der Waals surface area contributed by atoms with Gasteiger partial charge < -0.3 is 15.4 Å². The Morgan fingerprint density at radius 1 is 1.00 bits per heavy atom. The Bertz CT molecular complexity index is 351. The summed E-state index contributed by atoms with van der Waals surface area (Å²) < 4.78 is 5.33. The maximum atomic E-state index is 11.8. The van der Waals surface area contributed by atoms with Crippen molar-refractivity contribution in [1.82, 2.24) is 10.6 Å². The molecule has 0 radical (unpaired) electrons. The van der Waals surface area contributed by atoms with Crippen molar-refractivity contribution in [3.63, 3.8) is 0 Å². The van der Waals surface area contributed by atoms with Crippen LogP contribution in [0.15, 0.2) is 0 Å². The smallest absolute Gasteiger partial charge is 0.407 e. The highest BCUT2D eigenvalue weighted by Crippen LogP contribution is 2.28. The zero-order valence-electron chi connectivity index (χ0n) is 15.3. The molecule has 0 bridgehead atoms. The Morgan fingerprint density at radius 2 is 1.61 bits per heavy atom. The summed E-state index contributed by atoms with van der Waals surface area (Å²) in [5.74, 6) is 1.01. The Morgan fingerprint density at radius 3 is 2.22 bits per heavy atom. The minimum atomic E-state index is -0.415. The minimum Gasteiger partial charge on any atom is -0.444 e.